The van der Waals surface area contributed by atoms with Gasteiger partial charge in [-0.25, -0.2) is 4.98 Å². The fourth-order valence-electron chi connectivity index (χ4n) is 2.33. The lowest BCUT2D eigenvalue weighted by Crippen LogP contribution is -2.14. The average molecular weight is 323 g/mol. The molecule has 0 aliphatic heterocycles. The molecule has 1 aromatic carbocycles. The van der Waals surface area contributed by atoms with Crippen molar-refractivity contribution in [1.29, 1.82) is 0 Å². The van der Waals surface area contributed by atoms with Crippen molar-refractivity contribution in [2.75, 3.05) is 5.32 Å². The smallest absolute Gasteiger partial charge is 0.230 e. The van der Waals surface area contributed by atoms with Gasteiger partial charge in [0.25, 0.3) is 0 Å². The summed E-state index contributed by atoms with van der Waals surface area (Å²) in [6.45, 7) is 4.01. The Morgan fingerprint density at radius 2 is 1.91 bits per heavy atom. The molecule has 0 atom stereocenters. The number of thiazole rings is 1. The molecule has 0 saturated heterocycles. The fraction of sp³-hybridized carbons (Fsp3) is 0.167. The maximum absolute atomic E-state index is 12.0. The van der Waals surface area contributed by atoms with Gasteiger partial charge in [0.1, 0.15) is 0 Å². The van der Waals surface area contributed by atoms with E-state index in [1.165, 1.54) is 11.3 Å². The molecule has 1 amide bonds. The van der Waals surface area contributed by atoms with E-state index in [1.54, 1.807) is 12.4 Å². The molecule has 3 aromatic rings. The molecule has 0 aliphatic rings. The SMILES string of the molecule is Cc1cnc(NC(=O)Cc2ccc(-c3ncccc3C)cc2)s1. The number of benzene rings is 1. The number of carbonyl (C=O) groups excluding carboxylic acids is 1. The van der Waals surface area contributed by atoms with Crippen molar-refractivity contribution in [2.45, 2.75) is 20.3 Å². The van der Waals surface area contributed by atoms with Crippen LogP contribution in [0.2, 0.25) is 0 Å². The van der Waals surface area contributed by atoms with Crippen LogP contribution in [-0.4, -0.2) is 15.9 Å². The third-order valence-electron chi connectivity index (χ3n) is 3.47. The quantitative estimate of drug-likeness (QED) is 0.789. The third kappa shape index (κ3) is 3.81. The zero-order valence-corrected chi connectivity index (χ0v) is 13.9. The number of nitrogens with one attached hydrogen (secondary N) is 1. The first-order valence-electron chi connectivity index (χ1n) is 7.35. The van der Waals surface area contributed by atoms with E-state index in [2.05, 4.69) is 15.3 Å². The van der Waals surface area contributed by atoms with Crippen LogP contribution in [0.1, 0.15) is 16.0 Å². The van der Waals surface area contributed by atoms with Crippen LogP contribution >= 0.6 is 11.3 Å². The molecule has 0 spiro atoms. The highest BCUT2D eigenvalue weighted by atomic mass is 32.1. The molecule has 0 unspecified atom stereocenters. The lowest BCUT2D eigenvalue weighted by Gasteiger charge is -2.06. The van der Waals surface area contributed by atoms with Crippen molar-refractivity contribution in [3.63, 3.8) is 0 Å². The minimum absolute atomic E-state index is 0.0545. The van der Waals surface area contributed by atoms with Crippen molar-refractivity contribution in [3.8, 4) is 11.3 Å². The van der Waals surface area contributed by atoms with Crippen LogP contribution in [0.15, 0.2) is 48.8 Å². The minimum Gasteiger partial charge on any atom is -0.302 e. The summed E-state index contributed by atoms with van der Waals surface area (Å²) in [5.74, 6) is -0.0545. The highest BCUT2D eigenvalue weighted by molar-refractivity contribution is 7.15. The van der Waals surface area contributed by atoms with E-state index in [9.17, 15) is 4.79 Å². The minimum atomic E-state index is -0.0545. The summed E-state index contributed by atoms with van der Waals surface area (Å²) in [5.41, 5.74) is 4.13. The highest BCUT2D eigenvalue weighted by Crippen LogP contribution is 2.21. The highest BCUT2D eigenvalue weighted by Gasteiger charge is 2.08. The first-order valence-corrected chi connectivity index (χ1v) is 8.16. The van der Waals surface area contributed by atoms with Crippen molar-refractivity contribution in [2.24, 2.45) is 0 Å². The van der Waals surface area contributed by atoms with Crippen LogP contribution in [0.5, 0.6) is 0 Å². The zero-order valence-electron chi connectivity index (χ0n) is 13.0. The third-order valence-corrected chi connectivity index (χ3v) is 4.30. The van der Waals surface area contributed by atoms with Gasteiger partial charge in [-0.3, -0.25) is 9.78 Å². The van der Waals surface area contributed by atoms with E-state index in [0.29, 0.717) is 11.6 Å². The van der Waals surface area contributed by atoms with Gasteiger partial charge >= 0.3 is 0 Å². The van der Waals surface area contributed by atoms with E-state index >= 15 is 0 Å². The van der Waals surface area contributed by atoms with Crippen molar-refractivity contribution < 1.29 is 4.79 Å². The second-order valence-electron chi connectivity index (χ2n) is 5.37. The molecule has 0 bridgehead atoms. The summed E-state index contributed by atoms with van der Waals surface area (Å²) in [6.07, 6.45) is 3.88. The van der Waals surface area contributed by atoms with Gasteiger partial charge in [0.15, 0.2) is 5.13 Å². The number of aromatic nitrogens is 2. The summed E-state index contributed by atoms with van der Waals surface area (Å²) >= 11 is 1.48. The summed E-state index contributed by atoms with van der Waals surface area (Å²) in [7, 11) is 0. The largest absolute Gasteiger partial charge is 0.302 e. The van der Waals surface area contributed by atoms with Crippen molar-refractivity contribution in [3.05, 3.63) is 64.8 Å². The van der Waals surface area contributed by atoms with Gasteiger partial charge in [-0.1, -0.05) is 30.3 Å². The standard InChI is InChI=1S/C18H17N3OS/c1-12-4-3-9-19-17(12)15-7-5-14(6-8-15)10-16(22)21-18-20-11-13(2)23-18/h3-9,11H,10H2,1-2H3,(H,20,21,22). The van der Waals surface area contributed by atoms with Crippen LogP contribution in [0.3, 0.4) is 0 Å². The van der Waals surface area contributed by atoms with E-state index < -0.39 is 0 Å². The molecule has 0 aliphatic carbocycles. The summed E-state index contributed by atoms with van der Waals surface area (Å²) in [4.78, 5) is 21.7. The van der Waals surface area contributed by atoms with Gasteiger partial charge in [0, 0.05) is 22.8 Å². The fourth-order valence-corrected chi connectivity index (χ4v) is 3.01. The van der Waals surface area contributed by atoms with E-state index in [4.69, 9.17) is 0 Å². The van der Waals surface area contributed by atoms with E-state index in [0.717, 1.165) is 27.3 Å². The van der Waals surface area contributed by atoms with Gasteiger partial charge < -0.3 is 5.32 Å². The zero-order chi connectivity index (χ0) is 16.2. The second-order valence-corrected chi connectivity index (χ2v) is 6.60. The normalized spacial score (nSPS) is 10.5. The first-order chi connectivity index (χ1) is 11.1. The van der Waals surface area contributed by atoms with Gasteiger partial charge in [0.05, 0.1) is 12.1 Å². The van der Waals surface area contributed by atoms with Gasteiger partial charge in [-0.15, -0.1) is 11.3 Å². The maximum atomic E-state index is 12.0. The molecule has 116 valence electrons. The Morgan fingerprint density at radius 3 is 2.57 bits per heavy atom. The monoisotopic (exact) mass is 323 g/mol. The summed E-state index contributed by atoms with van der Waals surface area (Å²) in [5, 5.41) is 3.47. The molecule has 23 heavy (non-hydrogen) atoms. The first kappa shape index (κ1) is 15.4. The molecular formula is C18H17N3OS. The number of rotatable bonds is 4. The number of nitrogens with zero attached hydrogens (tertiary/aromatic N) is 2. The molecule has 0 saturated carbocycles. The number of pyridine rings is 1. The molecule has 1 N–H and O–H groups in total. The Kier molecular flexibility index (Phi) is 4.48. The van der Waals surface area contributed by atoms with Crippen LogP contribution in [0, 0.1) is 13.8 Å². The van der Waals surface area contributed by atoms with Gasteiger partial charge in [-0.05, 0) is 31.0 Å². The molecule has 2 heterocycles. The van der Waals surface area contributed by atoms with Crippen molar-refractivity contribution >= 4 is 22.4 Å². The number of carbonyl (C=O) groups is 1. The Morgan fingerprint density at radius 1 is 1.13 bits per heavy atom. The Labute approximate surface area is 139 Å². The molecule has 0 radical (unpaired) electrons. The number of hydrogen-bond acceptors (Lipinski definition) is 4. The lowest BCUT2D eigenvalue weighted by molar-refractivity contribution is -0.115. The van der Waals surface area contributed by atoms with Gasteiger partial charge in [0.2, 0.25) is 5.91 Å². The molecule has 0 fully saturated rings. The average Bonchev–Trinajstić information content (AvgIpc) is 2.93. The molecule has 4 nitrogen and oxygen atoms in total. The van der Waals surface area contributed by atoms with Crippen LogP contribution in [0.25, 0.3) is 11.3 Å². The molecule has 3 rings (SSSR count). The van der Waals surface area contributed by atoms with E-state index in [-0.39, 0.29) is 5.91 Å². The Bertz CT molecular complexity index is 824. The molecular weight excluding hydrogens is 306 g/mol. The Balaban J connectivity index is 1.68. The molecule has 2 aromatic heterocycles. The van der Waals surface area contributed by atoms with Crippen molar-refractivity contribution in [1.82, 2.24) is 9.97 Å². The van der Waals surface area contributed by atoms with Crippen LogP contribution in [0.4, 0.5) is 5.13 Å². The van der Waals surface area contributed by atoms with Gasteiger partial charge in [-0.2, -0.15) is 0 Å². The lowest BCUT2D eigenvalue weighted by atomic mass is 10.0. The van der Waals surface area contributed by atoms with Crippen LogP contribution in [-0.2, 0) is 11.2 Å². The Hall–Kier alpha value is -2.53. The molecule has 5 heteroatoms. The van der Waals surface area contributed by atoms with Crippen LogP contribution < -0.4 is 5.32 Å². The maximum Gasteiger partial charge on any atom is 0.230 e. The number of aryl methyl sites for hydroxylation is 2. The topological polar surface area (TPSA) is 54.9 Å². The number of anilines is 1. The number of hydrogen-bond donors (Lipinski definition) is 1. The summed E-state index contributed by atoms with van der Waals surface area (Å²) < 4.78 is 0. The predicted molar refractivity (Wildman–Crippen MR) is 93.6 cm³/mol. The predicted octanol–water partition coefficient (Wildman–Crippen LogP) is 4.00. The number of amides is 1. The second kappa shape index (κ2) is 6.71. The summed E-state index contributed by atoms with van der Waals surface area (Å²) in [6, 6.07) is 11.9. The van der Waals surface area contributed by atoms with E-state index in [1.807, 2.05) is 50.2 Å².